The molecule has 0 saturated carbocycles. The van der Waals surface area contributed by atoms with Gasteiger partial charge in [0.25, 0.3) is 0 Å². The highest BCUT2D eigenvalue weighted by Gasteiger charge is 2.03. The lowest BCUT2D eigenvalue weighted by molar-refractivity contribution is 0.992. The summed E-state index contributed by atoms with van der Waals surface area (Å²) in [6.45, 7) is 0.795. The van der Waals surface area contributed by atoms with E-state index in [4.69, 9.17) is 0 Å². The van der Waals surface area contributed by atoms with Gasteiger partial charge in [-0.2, -0.15) is 0 Å². The van der Waals surface area contributed by atoms with Crippen LogP contribution in [0.2, 0.25) is 0 Å². The minimum absolute atomic E-state index is 0.743. The molecule has 3 heterocycles. The second kappa shape index (κ2) is 4.79. The summed E-state index contributed by atoms with van der Waals surface area (Å²) in [5.41, 5.74) is 1.98. The highest BCUT2D eigenvalue weighted by atomic mass is 15.2. The van der Waals surface area contributed by atoms with Crippen LogP contribution in [0, 0.1) is 0 Å². The lowest BCUT2D eigenvalue weighted by Gasteiger charge is -2.05. The maximum atomic E-state index is 4.26. The lowest BCUT2D eigenvalue weighted by atomic mass is 10.2. The fourth-order valence-corrected chi connectivity index (χ4v) is 1.76. The Balaban J connectivity index is 1.68. The van der Waals surface area contributed by atoms with Gasteiger partial charge in [-0.3, -0.25) is 9.38 Å². The number of nitrogens with zero attached hydrogens (tertiary/aromatic N) is 5. The minimum atomic E-state index is 0.743. The van der Waals surface area contributed by atoms with Crippen molar-refractivity contribution in [3.05, 3.63) is 48.8 Å². The van der Waals surface area contributed by atoms with Crippen LogP contribution >= 0.6 is 0 Å². The van der Waals surface area contributed by atoms with Crippen molar-refractivity contribution < 1.29 is 0 Å². The Morgan fingerprint density at radius 2 is 2.06 bits per heavy atom. The SMILES string of the molecule is c1cc(CCNc2nccn3cnnc23)ccn1. The highest BCUT2D eigenvalue weighted by molar-refractivity contribution is 5.61. The second-order valence-electron chi connectivity index (χ2n) is 3.87. The molecule has 0 bridgehead atoms. The van der Waals surface area contributed by atoms with Gasteiger partial charge >= 0.3 is 0 Å². The van der Waals surface area contributed by atoms with Crippen LogP contribution in [0.3, 0.4) is 0 Å². The van der Waals surface area contributed by atoms with Gasteiger partial charge in [0.15, 0.2) is 5.82 Å². The molecule has 0 aromatic carbocycles. The number of nitrogens with one attached hydrogen (secondary N) is 1. The normalized spacial score (nSPS) is 10.7. The van der Waals surface area contributed by atoms with Gasteiger partial charge in [-0.05, 0) is 24.1 Å². The molecule has 6 nitrogen and oxygen atoms in total. The van der Waals surface area contributed by atoms with Crippen LogP contribution in [0.15, 0.2) is 43.2 Å². The lowest BCUT2D eigenvalue weighted by Crippen LogP contribution is -2.07. The predicted molar refractivity (Wildman–Crippen MR) is 67.2 cm³/mol. The molecule has 0 spiro atoms. The number of pyridine rings is 1. The van der Waals surface area contributed by atoms with E-state index < -0.39 is 0 Å². The molecule has 1 N–H and O–H groups in total. The molecule has 0 aliphatic rings. The molecule has 0 fully saturated rings. The Labute approximate surface area is 104 Å². The summed E-state index contributed by atoms with van der Waals surface area (Å²) in [5, 5.41) is 11.1. The zero-order chi connectivity index (χ0) is 12.2. The number of hydrogen-bond acceptors (Lipinski definition) is 5. The first-order valence-corrected chi connectivity index (χ1v) is 5.70. The van der Waals surface area contributed by atoms with E-state index in [2.05, 4.69) is 25.5 Å². The summed E-state index contributed by atoms with van der Waals surface area (Å²) >= 11 is 0. The summed E-state index contributed by atoms with van der Waals surface area (Å²) < 4.78 is 1.84. The van der Waals surface area contributed by atoms with Gasteiger partial charge < -0.3 is 5.32 Å². The Bertz CT molecular complexity index is 633. The van der Waals surface area contributed by atoms with Crippen molar-refractivity contribution in [1.29, 1.82) is 0 Å². The quantitative estimate of drug-likeness (QED) is 0.741. The Morgan fingerprint density at radius 1 is 1.17 bits per heavy atom. The van der Waals surface area contributed by atoms with Crippen LogP contribution in [0.1, 0.15) is 5.56 Å². The monoisotopic (exact) mass is 240 g/mol. The Morgan fingerprint density at radius 3 is 2.94 bits per heavy atom. The van der Waals surface area contributed by atoms with Gasteiger partial charge in [-0.1, -0.05) is 0 Å². The molecule has 0 amide bonds. The van der Waals surface area contributed by atoms with Crippen LogP contribution in [-0.4, -0.2) is 31.1 Å². The molecule has 0 saturated heterocycles. The first-order chi connectivity index (χ1) is 8.93. The van der Waals surface area contributed by atoms with E-state index >= 15 is 0 Å². The van der Waals surface area contributed by atoms with Gasteiger partial charge in [0, 0.05) is 31.3 Å². The standard InChI is InChI=1S/C12H12N6/c1-4-13-5-2-10(1)3-6-14-11-12-17-16-9-18(12)8-7-15-11/h1-2,4-5,7-9H,3,6H2,(H,14,15). The van der Waals surface area contributed by atoms with E-state index in [1.807, 2.05) is 22.7 Å². The predicted octanol–water partition coefficient (Wildman–Crippen LogP) is 1.17. The van der Waals surface area contributed by atoms with E-state index in [-0.39, 0.29) is 0 Å². The summed E-state index contributed by atoms with van der Waals surface area (Å²) in [5.74, 6) is 0.754. The molecular formula is C12H12N6. The molecule has 3 rings (SSSR count). The molecule has 18 heavy (non-hydrogen) atoms. The average Bonchev–Trinajstić information content (AvgIpc) is 2.89. The maximum Gasteiger partial charge on any atom is 0.203 e. The van der Waals surface area contributed by atoms with Crippen LogP contribution in [0.5, 0.6) is 0 Å². The molecule has 0 unspecified atom stereocenters. The van der Waals surface area contributed by atoms with Crippen molar-refractivity contribution in [1.82, 2.24) is 24.6 Å². The van der Waals surface area contributed by atoms with Crippen molar-refractivity contribution in [2.45, 2.75) is 6.42 Å². The van der Waals surface area contributed by atoms with Crippen molar-refractivity contribution in [3.63, 3.8) is 0 Å². The highest BCUT2D eigenvalue weighted by Crippen LogP contribution is 2.09. The van der Waals surface area contributed by atoms with Crippen LogP contribution in [0.25, 0.3) is 5.65 Å². The minimum Gasteiger partial charge on any atom is -0.367 e. The molecule has 0 atom stereocenters. The topological polar surface area (TPSA) is 68.0 Å². The van der Waals surface area contributed by atoms with Gasteiger partial charge in [0.1, 0.15) is 6.33 Å². The number of rotatable bonds is 4. The molecule has 3 aromatic heterocycles. The first-order valence-electron chi connectivity index (χ1n) is 5.70. The van der Waals surface area contributed by atoms with Crippen molar-refractivity contribution in [2.24, 2.45) is 0 Å². The summed E-state index contributed by atoms with van der Waals surface area (Å²) in [4.78, 5) is 8.25. The van der Waals surface area contributed by atoms with E-state index in [1.165, 1.54) is 5.56 Å². The third-order valence-electron chi connectivity index (χ3n) is 2.67. The third-order valence-corrected chi connectivity index (χ3v) is 2.67. The Hall–Kier alpha value is -2.50. The van der Waals surface area contributed by atoms with Crippen LogP contribution < -0.4 is 5.32 Å². The van der Waals surface area contributed by atoms with Gasteiger partial charge in [-0.15, -0.1) is 10.2 Å². The van der Waals surface area contributed by atoms with Crippen molar-refractivity contribution in [2.75, 3.05) is 11.9 Å². The number of hydrogen-bond donors (Lipinski definition) is 1. The molecule has 0 aliphatic carbocycles. The summed E-state index contributed by atoms with van der Waals surface area (Å²) in [6.07, 6.45) is 9.72. The smallest absolute Gasteiger partial charge is 0.203 e. The van der Waals surface area contributed by atoms with E-state index in [0.29, 0.717) is 0 Å². The molecule has 6 heteroatoms. The Kier molecular flexibility index (Phi) is 2.83. The second-order valence-corrected chi connectivity index (χ2v) is 3.87. The van der Waals surface area contributed by atoms with Crippen LogP contribution in [0.4, 0.5) is 5.82 Å². The van der Waals surface area contributed by atoms with Gasteiger partial charge in [0.2, 0.25) is 5.65 Å². The fraction of sp³-hybridized carbons (Fsp3) is 0.167. The van der Waals surface area contributed by atoms with E-state index in [9.17, 15) is 0 Å². The average molecular weight is 240 g/mol. The first kappa shape index (κ1) is 10.6. The van der Waals surface area contributed by atoms with Gasteiger partial charge in [-0.25, -0.2) is 4.98 Å². The largest absolute Gasteiger partial charge is 0.367 e. The summed E-state index contributed by atoms with van der Waals surface area (Å²) in [6, 6.07) is 4.01. The van der Waals surface area contributed by atoms with Gasteiger partial charge in [0.05, 0.1) is 0 Å². The summed E-state index contributed by atoms with van der Waals surface area (Å²) in [7, 11) is 0. The zero-order valence-corrected chi connectivity index (χ0v) is 9.69. The molecule has 0 aliphatic heterocycles. The number of anilines is 1. The zero-order valence-electron chi connectivity index (χ0n) is 9.69. The number of fused-ring (bicyclic) bond motifs is 1. The third kappa shape index (κ3) is 2.13. The fourth-order valence-electron chi connectivity index (χ4n) is 1.76. The molecule has 0 radical (unpaired) electrons. The van der Waals surface area contributed by atoms with Crippen molar-refractivity contribution in [3.8, 4) is 0 Å². The molecule has 90 valence electrons. The number of aromatic nitrogens is 5. The van der Waals surface area contributed by atoms with E-state index in [1.54, 1.807) is 24.9 Å². The maximum absolute atomic E-state index is 4.26. The van der Waals surface area contributed by atoms with Crippen molar-refractivity contribution >= 4 is 11.5 Å². The molecule has 3 aromatic rings. The van der Waals surface area contributed by atoms with E-state index in [0.717, 1.165) is 24.4 Å². The molecular weight excluding hydrogens is 228 g/mol. The van der Waals surface area contributed by atoms with Crippen LogP contribution in [-0.2, 0) is 6.42 Å².